The molecule has 0 fully saturated rings. The summed E-state index contributed by atoms with van der Waals surface area (Å²) in [5, 5.41) is 30.2. The first kappa shape index (κ1) is 20.7. The summed E-state index contributed by atoms with van der Waals surface area (Å²) in [5.41, 5.74) is 0.301. The number of aliphatic hydroxyl groups excluding tert-OH is 2. The molecule has 2 rings (SSSR count). The van der Waals surface area contributed by atoms with E-state index in [1.807, 2.05) is 0 Å². The highest BCUT2D eigenvalue weighted by atomic mass is 16.5. The molecule has 1 aliphatic rings. The molecule has 0 saturated heterocycles. The van der Waals surface area contributed by atoms with Gasteiger partial charge in [-0.3, -0.25) is 4.79 Å². The second-order valence-corrected chi connectivity index (χ2v) is 6.49. The van der Waals surface area contributed by atoms with E-state index in [4.69, 9.17) is 9.47 Å². The van der Waals surface area contributed by atoms with E-state index in [2.05, 4.69) is 0 Å². The average molecular weight is 376 g/mol. The zero-order valence-electron chi connectivity index (χ0n) is 15.5. The second kappa shape index (κ2) is 8.83. The zero-order chi connectivity index (χ0) is 20.1. The molecule has 0 bridgehead atoms. The van der Waals surface area contributed by atoms with Gasteiger partial charge >= 0.3 is 5.97 Å². The molecule has 27 heavy (non-hydrogen) atoms. The molecular formula is C20H24O7. The van der Waals surface area contributed by atoms with Crippen molar-refractivity contribution < 1.29 is 34.4 Å². The smallest absolute Gasteiger partial charge is 0.342 e. The van der Waals surface area contributed by atoms with Gasteiger partial charge in [-0.15, -0.1) is 0 Å². The third-order valence-electron chi connectivity index (χ3n) is 4.49. The Hall–Kier alpha value is -2.64. The summed E-state index contributed by atoms with van der Waals surface area (Å²) in [6, 6.07) is 2.85. The zero-order valence-corrected chi connectivity index (χ0v) is 15.5. The lowest BCUT2D eigenvalue weighted by Gasteiger charge is -2.20. The van der Waals surface area contributed by atoms with Crippen LogP contribution < -0.4 is 4.74 Å². The minimum atomic E-state index is -1.56. The van der Waals surface area contributed by atoms with Crippen molar-refractivity contribution >= 4 is 17.8 Å². The van der Waals surface area contributed by atoms with Gasteiger partial charge in [0.15, 0.2) is 5.78 Å². The van der Waals surface area contributed by atoms with Gasteiger partial charge in [-0.25, -0.2) is 4.79 Å². The normalized spacial score (nSPS) is 29.2. The Morgan fingerprint density at radius 1 is 1.15 bits per heavy atom. The number of aliphatic hydroxyl groups is 2. The molecule has 0 aliphatic carbocycles. The van der Waals surface area contributed by atoms with Gasteiger partial charge in [0.25, 0.3) is 0 Å². The summed E-state index contributed by atoms with van der Waals surface area (Å²) in [6.45, 7) is 3.40. The Morgan fingerprint density at radius 2 is 1.85 bits per heavy atom. The van der Waals surface area contributed by atoms with Gasteiger partial charge in [0.05, 0.1) is 13.2 Å². The van der Waals surface area contributed by atoms with Crippen molar-refractivity contribution in [1.82, 2.24) is 0 Å². The maximum atomic E-state index is 12.6. The molecule has 1 heterocycles. The van der Waals surface area contributed by atoms with Gasteiger partial charge in [-0.2, -0.15) is 0 Å². The molecule has 0 saturated carbocycles. The number of hydrogen-bond donors (Lipinski definition) is 3. The van der Waals surface area contributed by atoms with E-state index in [1.165, 1.54) is 37.5 Å². The van der Waals surface area contributed by atoms with Crippen LogP contribution in [-0.4, -0.2) is 52.5 Å². The highest BCUT2D eigenvalue weighted by molar-refractivity contribution is 5.97. The maximum Gasteiger partial charge on any atom is 0.342 e. The van der Waals surface area contributed by atoms with E-state index in [-0.39, 0.29) is 23.7 Å². The SMILES string of the molecule is COc1cc(O)c2c(c1)/C=C/C[C@H](O)[C@H](O)C(=O)/C=C\[C@@H](C)[C@H](C)OC2=O. The van der Waals surface area contributed by atoms with Gasteiger partial charge in [-0.05, 0) is 31.1 Å². The Bertz CT molecular complexity index is 766. The summed E-state index contributed by atoms with van der Waals surface area (Å²) < 4.78 is 10.5. The van der Waals surface area contributed by atoms with E-state index in [0.717, 1.165) is 0 Å². The van der Waals surface area contributed by atoms with E-state index in [0.29, 0.717) is 11.3 Å². The monoisotopic (exact) mass is 376 g/mol. The Kier molecular flexibility index (Phi) is 6.76. The number of phenolic OH excluding ortho intramolecular Hbond substituents is 1. The number of rotatable bonds is 1. The lowest BCUT2D eigenvalue weighted by Crippen LogP contribution is -2.32. The fourth-order valence-electron chi connectivity index (χ4n) is 2.58. The third kappa shape index (κ3) is 4.96. The maximum absolute atomic E-state index is 12.6. The van der Waals surface area contributed by atoms with E-state index in [1.54, 1.807) is 19.9 Å². The van der Waals surface area contributed by atoms with Crippen LogP contribution >= 0.6 is 0 Å². The van der Waals surface area contributed by atoms with Crippen LogP contribution in [0.5, 0.6) is 11.5 Å². The Labute approximate surface area is 157 Å². The summed E-state index contributed by atoms with van der Waals surface area (Å²) in [6.07, 6.45) is 2.19. The van der Waals surface area contributed by atoms with Gasteiger partial charge < -0.3 is 24.8 Å². The molecule has 0 radical (unpaired) electrons. The molecule has 0 amide bonds. The average Bonchev–Trinajstić information content (AvgIpc) is 2.63. The summed E-state index contributed by atoms with van der Waals surface area (Å²) in [7, 11) is 1.42. The summed E-state index contributed by atoms with van der Waals surface area (Å²) in [5.74, 6) is -1.63. The fourth-order valence-corrected chi connectivity index (χ4v) is 2.58. The fraction of sp³-hybridized carbons (Fsp3) is 0.400. The number of carbonyl (C=O) groups is 2. The van der Waals surface area contributed by atoms with Gasteiger partial charge in [0, 0.05) is 12.0 Å². The van der Waals surface area contributed by atoms with Crippen LogP contribution in [0.25, 0.3) is 6.08 Å². The lowest BCUT2D eigenvalue weighted by atomic mass is 9.99. The predicted octanol–water partition coefficient (Wildman–Crippen LogP) is 1.85. The van der Waals surface area contributed by atoms with E-state index in [9.17, 15) is 24.9 Å². The number of ketones is 1. The quantitative estimate of drug-likeness (QED) is 0.641. The first-order valence-electron chi connectivity index (χ1n) is 8.61. The van der Waals surface area contributed by atoms with Crippen LogP contribution in [0.15, 0.2) is 30.4 Å². The van der Waals surface area contributed by atoms with Crippen LogP contribution in [0, 0.1) is 5.92 Å². The molecule has 146 valence electrons. The number of cyclic esters (lactones) is 1. The molecular weight excluding hydrogens is 352 g/mol. The number of benzene rings is 1. The molecule has 1 aromatic carbocycles. The molecule has 1 aliphatic heterocycles. The molecule has 7 heteroatoms. The molecule has 0 aromatic heterocycles. The molecule has 7 nitrogen and oxygen atoms in total. The Balaban J connectivity index is 2.50. The summed E-state index contributed by atoms with van der Waals surface area (Å²) >= 11 is 0. The number of carbonyl (C=O) groups excluding carboxylic acids is 2. The van der Waals surface area contributed by atoms with Crippen LogP contribution in [0.1, 0.15) is 36.2 Å². The van der Waals surface area contributed by atoms with Gasteiger partial charge in [-0.1, -0.05) is 25.2 Å². The predicted molar refractivity (Wildman–Crippen MR) is 98.5 cm³/mol. The van der Waals surface area contributed by atoms with Gasteiger partial charge in [0.2, 0.25) is 0 Å². The number of hydrogen-bond acceptors (Lipinski definition) is 7. The highest BCUT2D eigenvalue weighted by Crippen LogP contribution is 2.30. The van der Waals surface area contributed by atoms with Crippen molar-refractivity contribution in [2.45, 2.75) is 38.6 Å². The molecule has 1 aromatic rings. The molecule has 4 atom stereocenters. The van der Waals surface area contributed by atoms with Gasteiger partial charge in [0.1, 0.15) is 29.3 Å². The third-order valence-corrected chi connectivity index (χ3v) is 4.49. The Morgan fingerprint density at radius 3 is 2.52 bits per heavy atom. The first-order chi connectivity index (χ1) is 12.7. The lowest BCUT2D eigenvalue weighted by molar-refractivity contribution is -0.127. The number of aromatic hydroxyl groups is 1. The second-order valence-electron chi connectivity index (χ2n) is 6.49. The van der Waals surface area contributed by atoms with Crippen LogP contribution in [-0.2, 0) is 9.53 Å². The first-order valence-corrected chi connectivity index (χ1v) is 8.61. The van der Waals surface area contributed by atoms with Crippen molar-refractivity contribution in [2.75, 3.05) is 7.11 Å². The standard InChI is InChI=1S/C20H24O7/c1-11-7-8-16(22)19(24)15(21)6-4-5-13-9-14(26-3)10-17(23)18(13)20(25)27-12(11)2/h4-5,7-12,15,19,21,23-24H,6H2,1-3H3/b5-4+,8-7-/t11-,12+,15+,19+/m1/s1. The number of esters is 1. The van der Waals surface area contributed by atoms with Crippen LogP contribution in [0.3, 0.4) is 0 Å². The number of fused-ring (bicyclic) bond motifs is 1. The summed E-state index contributed by atoms with van der Waals surface area (Å²) in [4.78, 5) is 24.6. The minimum Gasteiger partial charge on any atom is -0.507 e. The largest absolute Gasteiger partial charge is 0.507 e. The molecule has 3 N–H and O–H groups in total. The van der Waals surface area contributed by atoms with Crippen molar-refractivity contribution in [2.24, 2.45) is 5.92 Å². The molecule has 0 spiro atoms. The van der Waals surface area contributed by atoms with Crippen molar-refractivity contribution in [1.29, 1.82) is 0 Å². The van der Waals surface area contributed by atoms with Crippen LogP contribution in [0.4, 0.5) is 0 Å². The number of phenols is 1. The number of ether oxygens (including phenoxy) is 2. The topological polar surface area (TPSA) is 113 Å². The molecule has 0 unspecified atom stereocenters. The van der Waals surface area contributed by atoms with Crippen molar-refractivity contribution in [3.8, 4) is 11.5 Å². The van der Waals surface area contributed by atoms with E-state index >= 15 is 0 Å². The number of methoxy groups -OCH3 is 1. The van der Waals surface area contributed by atoms with Crippen molar-refractivity contribution in [3.63, 3.8) is 0 Å². The van der Waals surface area contributed by atoms with E-state index < -0.39 is 30.1 Å². The van der Waals surface area contributed by atoms with Crippen LogP contribution in [0.2, 0.25) is 0 Å². The minimum absolute atomic E-state index is 0.0286. The highest BCUT2D eigenvalue weighted by Gasteiger charge is 2.25. The van der Waals surface area contributed by atoms with Crippen molar-refractivity contribution in [3.05, 3.63) is 41.5 Å².